The first-order valence-corrected chi connectivity index (χ1v) is 11.6. The Morgan fingerprint density at radius 2 is 1.64 bits per heavy atom. The summed E-state index contributed by atoms with van der Waals surface area (Å²) in [5, 5.41) is 10.9. The molecule has 0 radical (unpaired) electrons. The van der Waals surface area contributed by atoms with E-state index in [4.69, 9.17) is 18.9 Å². The van der Waals surface area contributed by atoms with Gasteiger partial charge in [0.25, 0.3) is 0 Å². The van der Waals surface area contributed by atoms with E-state index in [9.17, 15) is 33.1 Å². The zero-order valence-corrected chi connectivity index (χ0v) is 21.4. The van der Waals surface area contributed by atoms with Gasteiger partial charge in [-0.25, -0.2) is 14.4 Å². The molecule has 0 bridgehead atoms. The predicted octanol–water partition coefficient (Wildman–Crippen LogP) is 4.30. The van der Waals surface area contributed by atoms with E-state index < -0.39 is 47.6 Å². The van der Waals surface area contributed by atoms with Gasteiger partial charge in [0, 0.05) is 0 Å². The summed E-state index contributed by atoms with van der Waals surface area (Å²) in [6.07, 6.45) is -0.136. The lowest BCUT2D eigenvalue weighted by molar-refractivity contribution is -0.337. The molecule has 36 heavy (non-hydrogen) atoms. The average Bonchev–Trinajstić information content (AvgIpc) is 2.75. The topological polar surface area (TPSA) is 128 Å². The fourth-order valence-electron chi connectivity index (χ4n) is 2.97. The molecule has 11 heteroatoms. The van der Waals surface area contributed by atoms with Crippen molar-refractivity contribution < 1.29 is 52.0 Å². The minimum Gasteiger partial charge on any atom is -0.544 e. The molecule has 0 fully saturated rings. The minimum atomic E-state index is -4.45. The Hall–Kier alpha value is -3.24. The van der Waals surface area contributed by atoms with E-state index in [-0.39, 0.29) is 23.5 Å². The number of hydrogen-bond acceptors (Lipinski definition) is 9. The first-order valence-electron chi connectivity index (χ1n) is 11.6. The number of halogens is 2. The van der Waals surface area contributed by atoms with E-state index in [1.165, 1.54) is 13.8 Å². The Morgan fingerprint density at radius 1 is 1.00 bits per heavy atom. The first kappa shape index (κ1) is 30.8. The summed E-state index contributed by atoms with van der Waals surface area (Å²) in [6, 6.07) is 3.09. The second kappa shape index (κ2) is 13.2. The highest BCUT2D eigenvalue weighted by Crippen LogP contribution is 2.29. The molecule has 0 aliphatic heterocycles. The molecule has 0 aromatic heterocycles. The Labute approximate surface area is 209 Å². The van der Waals surface area contributed by atoms with Crippen molar-refractivity contribution in [2.75, 3.05) is 6.61 Å². The summed E-state index contributed by atoms with van der Waals surface area (Å²) >= 11 is 0. The number of aliphatic carboxylic acids is 1. The Kier molecular flexibility index (Phi) is 11.3. The van der Waals surface area contributed by atoms with Gasteiger partial charge < -0.3 is 28.8 Å². The van der Waals surface area contributed by atoms with Gasteiger partial charge in [0.1, 0.15) is 22.9 Å². The lowest BCUT2D eigenvalue weighted by atomic mass is 10.0. The number of carboxylic acid groups (broad SMARTS) is 1. The molecular formula is C25H33F2O9-. The maximum absolute atomic E-state index is 14.0. The van der Waals surface area contributed by atoms with Crippen LogP contribution in [-0.4, -0.2) is 48.3 Å². The van der Waals surface area contributed by atoms with Crippen LogP contribution in [0.5, 0.6) is 5.75 Å². The third kappa shape index (κ3) is 9.43. The van der Waals surface area contributed by atoms with Gasteiger partial charge in [0.05, 0.1) is 12.2 Å². The van der Waals surface area contributed by atoms with Gasteiger partial charge in [-0.15, -0.1) is 0 Å². The Balaban J connectivity index is 3.24. The van der Waals surface area contributed by atoms with Crippen LogP contribution in [0.25, 0.3) is 0 Å². The Morgan fingerprint density at radius 3 is 2.17 bits per heavy atom. The molecule has 1 unspecified atom stereocenters. The van der Waals surface area contributed by atoms with Crippen LogP contribution in [0.1, 0.15) is 87.9 Å². The molecule has 0 aliphatic rings. The Bertz CT molecular complexity index is 936. The number of ether oxygens (including phenoxy) is 4. The lowest BCUT2D eigenvalue weighted by Gasteiger charge is -2.30. The highest BCUT2D eigenvalue weighted by atomic mass is 19.3. The summed E-state index contributed by atoms with van der Waals surface area (Å²) in [7, 11) is 0. The standard InChI is InChI=1S/C25H34F2O9/c1-7-8-9-10-13-33-21(29)17-14-16(11-12-18(17)34-23(32)36-24(4,5)6)20(28)35-19(15(2)3)25(26,27)22(30)31/h11-12,14-15,19H,7-10,13H2,1-6H3,(H,30,31)/p-1. The highest BCUT2D eigenvalue weighted by Gasteiger charge is 2.46. The number of carbonyl (C=O) groups excluding carboxylic acids is 4. The number of esters is 2. The predicted molar refractivity (Wildman–Crippen MR) is 122 cm³/mol. The number of carbonyl (C=O) groups is 4. The maximum Gasteiger partial charge on any atom is 0.514 e. The number of hydrogen-bond donors (Lipinski definition) is 0. The zero-order valence-electron chi connectivity index (χ0n) is 21.4. The van der Waals surface area contributed by atoms with Crippen molar-refractivity contribution in [3.63, 3.8) is 0 Å². The van der Waals surface area contributed by atoms with Gasteiger partial charge in [-0.1, -0.05) is 40.0 Å². The molecule has 0 aliphatic carbocycles. The van der Waals surface area contributed by atoms with Crippen LogP contribution in [0.3, 0.4) is 0 Å². The van der Waals surface area contributed by atoms with Crippen LogP contribution < -0.4 is 9.84 Å². The normalized spacial score (nSPS) is 12.6. The van der Waals surface area contributed by atoms with Gasteiger partial charge in [-0.05, 0) is 51.3 Å². The van der Waals surface area contributed by atoms with E-state index in [0.29, 0.717) is 6.42 Å². The number of rotatable bonds is 12. The molecule has 0 heterocycles. The van der Waals surface area contributed by atoms with Crippen molar-refractivity contribution in [1.29, 1.82) is 0 Å². The van der Waals surface area contributed by atoms with Gasteiger partial charge >= 0.3 is 24.0 Å². The quantitative estimate of drug-likeness (QED) is 0.173. The summed E-state index contributed by atoms with van der Waals surface area (Å²) in [6.45, 7) is 9.38. The van der Waals surface area contributed by atoms with E-state index in [0.717, 1.165) is 37.5 Å². The number of unbranched alkanes of at least 4 members (excludes halogenated alkanes) is 3. The molecule has 9 nitrogen and oxygen atoms in total. The summed E-state index contributed by atoms with van der Waals surface area (Å²) in [5.41, 5.74) is -1.61. The molecule has 0 N–H and O–H groups in total. The van der Waals surface area contributed by atoms with Crippen LogP contribution in [0.15, 0.2) is 18.2 Å². The molecular weight excluding hydrogens is 482 g/mol. The molecule has 0 amide bonds. The van der Waals surface area contributed by atoms with E-state index in [2.05, 4.69) is 0 Å². The van der Waals surface area contributed by atoms with Crippen molar-refractivity contribution >= 4 is 24.1 Å². The molecule has 1 aromatic carbocycles. The van der Waals surface area contributed by atoms with Crippen LogP contribution in [-0.2, 0) is 19.0 Å². The van der Waals surface area contributed by atoms with Gasteiger partial charge in [0.2, 0.25) is 0 Å². The van der Waals surface area contributed by atoms with Crippen molar-refractivity contribution in [1.82, 2.24) is 0 Å². The van der Waals surface area contributed by atoms with E-state index in [1.54, 1.807) is 20.8 Å². The fourth-order valence-corrected chi connectivity index (χ4v) is 2.97. The van der Waals surface area contributed by atoms with E-state index in [1.807, 2.05) is 6.92 Å². The average molecular weight is 516 g/mol. The molecule has 0 saturated heterocycles. The van der Waals surface area contributed by atoms with Gasteiger partial charge in [0.15, 0.2) is 6.10 Å². The van der Waals surface area contributed by atoms with Crippen molar-refractivity contribution in [3.8, 4) is 5.75 Å². The molecule has 1 atom stereocenters. The number of benzene rings is 1. The minimum absolute atomic E-state index is 0.0621. The first-order chi connectivity index (χ1) is 16.6. The summed E-state index contributed by atoms with van der Waals surface area (Å²) in [5.74, 6) is -10.8. The van der Waals surface area contributed by atoms with Gasteiger partial charge in [-0.3, -0.25) is 0 Å². The van der Waals surface area contributed by atoms with Gasteiger partial charge in [-0.2, -0.15) is 8.78 Å². The smallest absolute Gasteiger partial charge is 0.514 e. The lowest BCUT2D eigenvalue weighted by Crippen LogP contribution is -2.53. The van der Waals surface area contributed by atoms with Crippen LogP contribution >= 0.6 is 0 Å². The number of carboxylic acids is 1. The SMILES string of the molecule is CCCCCCOC(=O)c1cc(C(=O)OC(C(C)C)C(F)(F)C(=O)[O-])ccc1OC(=O)OC(C)(C)C. The summed E-state index contributed by atoms with van der Waals surface area (Å²) in [4.78, 5) is 48.3. The van der Waals surface area contributed by atoms with Crippen LogP contribution in [0.2, 0.25) is 0 Å². The maximum atomic E-state index is 14.0. The fraction of sp³-hybridized carbons (Fsp3) is 0.600. The largest absolute Gasteiger partial charge is 0.544 e. The molecule has 0 spiro atoms. The zero-order chi connectivity index (χ0) is 27.7. The molecule has 0 saturated carbocycles. The summed E-state index contributed by atoms with van der Waals surface area (Å²) < 4.78 is 48.2. The van der Waals surface area contributed by atoms with E-state index >= 15 is 0 Å². The number of alkyl halides is 2. The molecule has 1 rings (SSSR count). The van der Waals surface area contributed by atoms with Crippen LogP contribution in [0.4, 0.5) is 13.6 Å². The van der Waals surface area contributed by atoms with Crippen molar-refractivity contribution in [2.24, 2.45) is 5.92 Å². The van der Waals surface area contributed by atoms with Crippen molar-refractivity contribution in [2.45, 2.75) is 84.9 Å². The molecule has 1 aromatic rings. The molecule has 202 valence electrons. The second-order valence-electron chi connectivity index (χ2n) is 9.45. The monoisotopic (exact) mass is 515 g/mol. The third-order valence-corrected chi connectivity index (χ3v) is 4.72. The van der Waals surface area contributed by atoms with Crippen molar-refractivity contribution in [3.05, 3.63) is 29.3 Å². The van der Waals surface area contributed by atoms with Crippen LogP contribution in [0, 0.1) is 5.92 Å². The highest BCUT2D eigenvalue weighted by molar-refractivity contribution is 5.98. The third-order valence-electron chi connectivity index (χ3n) is 4.72. The second-order valence-corrected chi connectivity index (χ2v) is 9.45.